The van der Waals surface area contributed by atoms with Crippen molar-refractivity contribution in [2.45, 2.75) is 19.9 Å². The smallest absolute Gasteiger partial charge is 0.290 e. The Labute approximate surface area is 180 Å². The molecule has 1 aromatic heterocycles. The summed E-state index contributed by atoms with van der Waals surface area (Å²) in [4.78, 5) is 28.5. The monoisotopic (exact) mass is 423 g/mol. The molecule has 0 aliphatic carbocycles. The normalized spacial score (nSPS) is 15.5. The van der Waals surface area contributed by atoms with Crippen LogP contribution in [0.15, 0.2) is 39.5 Å². The van der Waals surface area contributed by atoms with Crippen LogP contribution in [0.1, 0.15) is 38.9 Å². The van der Waals surface area contributed by atoms with Crippen molar-refractivity contribution in [1.29, 1.82) is 0 Å². The Balaban J connectivity index is 1.98. The maximum absolute atomic E-state index is 13.6. The summed E-state index contributed by atoms with van der Waals surface area (Å²) in [5.74, 6) is 0.834. The Morgan fingerprint density at radius 2 is 1.68 bits per heavy atom. The van der Waals surface area contributed by atoms with E-state index in [1.54, 1.807) is 38.4 Å². The lowest BCUT2D eigenvalue weighted by molar-refractivity contribution is 0.0663. The molecule has 2 aromatic carbocycles. The lowest BCUT2D eigenvalue weighted by atomic mass is 9.97. The molecule has 0 fully saturated rings. The van der Waals surface area contributed by atoms with Crippen LogP contribution in [-0.4, -0.2) is 45.3 Å². The van der Waals surface area contributed by atoms with Crippen LogP contribution in [0.3, 0.4) is 0 Å². The lowest BCUT2D eigenvalue weighted by Gasteiger charge is -2.25. The Bertz CT molecular complexity index is 1230. The molecular weight excluding hydrogens is 398 g/mol. The van der Waals surface area contributed by atoms with Gasteiger partial charge in [-0.3, -0.25) is 9.59 Å². The standard InChI is InChI=1S/C24H25NO6/c1-13-10-16-18(11-14(13)2)31-23-20(22(16)26)21(25(24(23)27)8-9-28-3)15-6-7-17(29-4)19(12-15)30-5/h6-7,10-12,21H,8-9H2,1-5H3. The fourth-order valence-corrected chi connectivity index (χ4v) is 4.07. The number of fused-ring (bicyclic) bond motifs is 2. The van der Waals surface area contributed by atoms with Gasteiger partial charge in [-0.2, -0.15) is 0 Å². The molecule has 0 saturated carbocycles. The second-order valence-corrected chi connectivity index (χ2v) is 7.61. The third-order valence-electron chi connectivity index (χ3n) is 5.84. The van der Waals surface area contributed by atoms with E-state index in [1.165, 1.54) is 0 Å². The van der Waals surface area contributed by atoms with E-state index in [4.69, 9.17) is 18.6 Å². The summed E-state index contributed by atoms with van der Waals surface area (Å²) in [7, 11) is 4.68. The summed E-state index contributed by atoms with van der Waals surface area (Å²) in [5, 5.41) is 0.466. The molecule has 162 valence electrons. The van der Waals surface area contributed by atoms with Gasteiger partial charge in [-0.25, -0.2) is 0 Å². The molecule has 2 heterocycles. The van der Waals surface area contributed by atoms with Gasteiger partial charge < -0.3 is 23.5 Å². The molecule has 1 aliphatic rings. The van der Waals surface area contributed by atoms with Crippen LogP contribution >= 0.6 is 0 Å². The quantitative estimate of drug-likeness (QED) is 0.603. The number of hydrogen-bond acceptors (Lipinski definition) is 6. The van der Waals surface area contributed by atoms with E-state index in [0.717, 1.165) is 16.7 Å². The predicted molar refractivity (Wildman–Crippen MR) is 116 cm³/mol. The SMILES string of the molecule is COCCN1C(=O)c2oc3cc(C)c(C)cc3c(=O)c2C1c1ccc(OC)c(OC)c1. The molecule has 0 radical (unpaired) electrons. The van der Waals surface area contributed by atoms with Gasteiger partial charge in [-0.15, -0.1) is 0 Å². The highest BCUT2D eigenvalue weighted by atomic mass is 16.5. The Hall–Kier alpha value is -3.32. The summed E-state index contributed by atoms with van der Waals surface area (Å²) in [5.41, 5.74) is 3.27. The van der Waals surface area contributed by atoms with Crippen molar-refractivity contribution in [2.24, 2.45) is 0 Å². The van der Waals surface area contributed by atoms with Gasteiger partial charge in [0.25, 0.3) is 5.91 Å². The highest BCUT2D eigenvalue weighted by molar-refractivity contribution is 5.99. The van der Waals surface area contributed by atoms with Crippen molar-refractivity contribution in [3.63, 3.8) is 0 Å². The fourth-order valence-electron chi connectivity index (χ4n) is 4.07. The number of nitrogens with zero attached hydrogens (tertiary/aromatic N) is 1. The first-order valence-electron chi connectivity index (χ1n) is 10.0. The Morgan fingerprint density at radius 3 is 2.35 bits per heavy atom. The second-order valence-electron chi connectivity index (χ2n) is 7.61. The Kier molecular flexibility index (Phi) is 5.45. The maximum atomic E-state index is 13.6. The van der Waals surface area contributed by atoms with Gasteiger partial charge in [0.05, 0.1) is 37.8 Å². The number of benzene rings is 2. The van der Waals surface area contributed by atoms with E-state index in [-0.39, 0.29) is 17.1 Å². The van der Waals surface area contributed by atoms with Crippen LogP contribution in [0.25, 0.3) is 11.0 Å². The molecule has 0 spiro atoms. The van der Waals surface area contributed by atoms with Crippen molar-refractivity contribution >= 4 is 16.9 Å². The van der Waals surface area contributed by atoms with Crippen LogP contribution in [0.4, 0.5) is 0 Å². The summed E-state index contributed by atoms with van der Waals surface area (Å²) >= 11 is 0. The molecule has 1 amide bonds. The number of rotatable bonds is 6. The molecule has 7 nitrogen and oxygen atoms in total. The largest absolute Gasteiger partial charge is 0.493 e. The lowest BCUT2D eigenvalue weighted by Crippen LogP contribution is -2.32. The number of hydrogen-bond donors (Lipinski definition) is 0. The van der Waals surface area contributed by atoms with Crippen molar-refractivity contribution in [2.75, 3.05) is 34.5 Å². The third-order valence-corrected chi connectivity index (χ3v) is 5.84. The zero-order valence-electron chi connectivity index (χ0n) is 18.3. The highest BCUT2D eigenvalue weighted by Crippen LogP contribution is 2.40. The van der Waals surface area contributed by atoms with Gasteiger partial charge in [-0.1, -0.05) is 6.07 Å². The molecule has 0 saturated heterocycles. The summed E-state index contributed by atoms with van der Waals surface area (Å²) < 4.78 is 22.0. The topological polar surface area (TPSA) is 78.2 Å². The van der Waals surface area contributed by atoms with Gasteiger partial charge in [0.15, 0.2) is 16.9 Å². The molecule has 0 N–H and O–H groups in total. The van der Waals surface area contributed by atoms with E-state index in [1.807, 2.05) is 32.0 Å². The van der Waals surface area contributed by atoms with Gasteiger partial charge >= 0.3 is 0 Å². The van der Waals surface area contributed by atoms with E-state index >= 15 is 0 Å². The molecule has 1 unspecified atom stereocenters. The molecule has 3 aromatic rings. The van der Waals surface area contributed by atoms with Crippen molar-refractivity contribution in [3.8, 4) is 11.5 Å². The van der Waals surface area contributed by atoms with Crippen LogP contribution in [-0.2, 0) is 4.74 Å². The van der Waals surface area contributed by atoms with E-state index in [2.05, 4.69) is 0 Å². The zero-order chi connectivity index (χ0) is 22.3. The van der Waals surface area contributed by atoms with E-state index < -0.39 is 6.04 Å². The van der Waals surface area contributed by atoms with Gasteiger partial charge in [0, 0.05) is 13.7 Å². The first-order valence-corrected chi connectivity index (χ1v) is 10.0. The maximum Gasteiger partial charge on any atom is 0.290 e. The minimum Gasteiger partial charge on any atom is -0.493 e. The van der Waals surface area contributed by atoms with Gasteiger partial charge in [0.1, 0.15) is 5.58 Å². The average molecular weight is 423 g/mol. The van der Waals surface area contributed by atoms with Crippen molar-refractivity contribution in [1.82, 2.24) is 4.90 Å². The number of methoxy groups -OCH3 is 3. The van der Waals surface area contributed by atoms with Crippen LogP contribution < -0.4 is 14.9 Å². The van der Waals surface area contributed by atoms with Gasteiger partial charge in [0.2, 0.25) is 5.76 Å². The summed E-state index contributed by atoms with van der Waals surface area (Å²) in [6, 6.07) is 8.41. The fraction of sp³-hybridized carbons (Fsp3) is 0.333. The number of aryl methyl sites for hydroxylation is 2. The molecule has 1 aliphatic heterocycles. The zero-order valence-corrected chi connectivity index (χ0v) is 18.3. The average Bonchev–Trinajstić information content (AvgIpc) is 3.05. The number of carbonyl (C=O) groups is 1. The predicted octanol–water partition coefficient (Wildman–Crippen LogP) is 3.62. The Morgan fingerprint density at radius 1 is 0.968 bits per heavy atom. The summed E-state index contributed by atoms with van der Waals surface area (Å²) in [6.45, 7) is 4.53. The van der Waals surface area contributed by atoms with Crippen molar-refractivity contribution in [3.05, 3.63) is 68.6 Å². The molecular formula is C24H25NO6. The molecule has 4 rings (SSSR count). The van der Waals surface area contributed by atoms with Crippen molar-refractivity contribution < 1.29 is 23.4 Å². The first kappa shape index (κ1) is 20.9. The highest BCUT2D eigenvalue weighted by Gasteiger charge is 2.42. The molecule has 31 heavy (non-hydrogen) atoms. The number of amides is 1. The van der Waals surface area contributed by atoms with E-state index in [0.29, 0.717) is 41.2 Å². The number of ether oxygens (including phenoxy) is 3. The minimum absolute atomic E-state index is 0.0802. The van der Waals surface area contributed by atoms with Crippen LogP contribution in [0.5, 0.6) is 11.5 Å². The third kappa shape index (κ3) is 3.35. The summed E-state index contributed by atoms with van der Waals surface area (Å²) in [6.07, 6.45) is 0. The van der Waals surface area contributed by atoms with Crippen LogP contribution in [0, 0.1) is 13.8 Å². The second kappa shape index (κ2) is 8.07. The number of carbonyl (C=O) groups excluding carboxylic acids is 1. The molecule has 1 atom stereocenters. The molecule has 7 heteroatoms. The molecule has 0 bridgehead atoms. The van der Waals surface area contributed by atoms with E-state index in [9.17, 15) is 9.59 Å². The minimum atomic E-state index is -0.611. The first-order chi connectivity index (χ1) is 14.9. The van der Waals surface area contributed by atoms with Gasteiger partial charge in [-0.05, 0) is 54.8 Å². The van der Waals surface area contributed by atoms with Crippen LogP contribution in [0.2, 0.25) is 0 Å².